The van der Waals surface area contributed by atoms with Crippen molar-refractivity contribution in [2.24, 2.45) is 0 Å². The van der Waals surface area contributed by atoms with Crippen LogP contribution in [0.3, 0.4) is 0 Å². The Morgan fingerprint density at radius 3 is 2.38 bits per heavy atom. The molecule has 3 aromatic carbocycles. The number of alkyl halides is 3. The molecule has 1 amide bonds. The molecule has 0 atom stereocenters. The van der Waals surface area contributed by atoms with Gasteiger partial charge in [0.1, 0.15) is 0 Å². The predicted molar refractivity (Wildman–Crippen MR) is 123 cm³/mol. The molecule has 0 aliphatic heterocycles. The summed E-state index contributed by atoms with van der Waals surface area (Å²) < 4.78 is 43.4. The van der Waals surface area contributed by atoms with E-state index in [0.29, 0.717) is 33.4 Å². The molecule has 34 heavy (non-hydrogen) atoms. The number of carbonyl (C=O) groups is 2. The lowest BCUT2D eigenvalue weighted by molar-refractivity contribution is -0.137. The first-order chi connectivity index (χ1) is 16.3. The number of aromatic nitrogens is 1. The van der Waals surface area contributed by atoms with Crippen LogP contribution in [0.5, 0.6) is 0 Å². The van der Waals surface area contributed by atoms with Crippen LogP contribution < -0.4 is 5.32 Å². The smallest absolute Gasteiger partial charge is 0.416 e. The van der Waals surface area contributed by atoms with Gasteiger partial charge in [0.15, 0.2) is 0 Å². The van der Waals surface area contributed by atoms with E-state index in [1.807, 2.05) is 0 Å². The van der Waals surface area contributed by atoms with Gasteiger partial charge in [0.2, 0.25) is 0 Å². The van der Waals surface area contributed by atoms with Gasteiger partial charge in [-0.1, -0.05) is 30.3 Å². The molecule has 4 aromatic rings. The topological polar surface area (TPSA) is 68.3 Å². The van der Waals surface area contributed by atoms with E-state index in [-0.39, 0.29) is 12.2 Å². The van der Waals surface area contributed by atoms with Crippen molar-refractivity contribution in [3.8, 4) is 11.3 Å². The minimum Gasteiger partial charge on any atom is -0.462 e. The third-order valence-corrected chi connectivity index (χ3v) is 5.13. The maximum Gasteiger partial charge on any atom is 0.416 e. The number of esters is 1. The van der Waals surface area contributed by atoms with Gasteiger partial charge in [0, 0.05) is 16.5 Å². The third kappa shape index (κ3) is 4.91. The van der Waals surface area contributed by atoms with Crippen molar-refractivity contribution in [1.82, 2.24) is 4.98 Å². The average Bonchev–Trinajstić information content (AvgIpc) is 2.83. The molecule has 0 aliphatic carbocycles. The highest BCUT2D eigenvalue weighted by atomic mass is 19.4. The van der Waals surface area contributed by atoms with E-state index >= 15 is 0 Å². The second-order valence-corrected chi connectivity index (χ2v) is 7.40. The largest absolute Gasteiger partial charge is 0.462 e. The number of ether oxygens (including phenoxy) is 1. The summed E-state index contributed by atoms with van der Waals surface area (Å²) in [5.74, 6) is -0.942. The van der Waals surface area contributed by atoms with Crippen LogP contribution in [0.2, 0.25) is 0 Å². The molecular formula is C26H19F3N2O3. The van der Waals surface area contributed by atoms with Crippen LogP contribution in [-0.2, 0) is 10.9 Å². The molecule has 0 radical (unpaired) electrons. The SMILES string of the molecule is CCOC(=O)c1ccccc1NC(=O)c1ccc2nc(-c3ccc(C(F)(F)F)cc3)ccc2c1. The van der Waals surface area contributed by atoms with Crippen molar-refractivity contribution < 1.29 is 27.5 Å². The number of fused-ring (bicyclic) bond motifs is 1. The van der Waals surface area contributed by atoms with E-state index in [1.165, 1.54) is 12.1 Å². The Kier molecular flexibility index (Phi) is 6.32. The van der Waals surface area contributed by atoms with Crippen LogP contribution in [0.15, 0.2) is 78.9 Å². The van der Waals surface area contributed by atoms with Crippen LogP contribution in [0.25, 0.3) is 22.2 Å². The highest BCUT2D eigenvalue weighted by Crippen LogP contribution is 2.31. The maximum absolute atomic E-state index is 12.8. The highest BCUT2D eigenvalue weighted by molar-refractivity contribution is 6.09. The van der Waals surface area contributed by atoms with Gasteiger partial charge >= 0.3 is 12.1 Å². The summed E-state index contributed by atoms with van der Waals surface area (Å²) in [6.07, 6.45) is -4.40. The van der Waals surface area contributed by atoms with Crippen LogP contribution in [-0.4, -0.2) is 23.5 Å². The number of benzene rings is 3. The maximum atomic E-state index is 12.8. The quantitative estimate of drug-likeness (QED) is 0.350. The van der Waals surface area contributed by atoms with Crippen LogP contribution in [0, 0.1) is 0 Å². The number of halogens is 3. The molecule has 0 saturated carbocycles. The number of anilines is 1. The molecule has 172 valence electrons. The van der Waals surface area contributed by atoms with Crippen molar-refractivity contribution >= 4 is 28.5 Å². The fraction of sp³-hybridized carbons (Fsp3) is 0.115. The Bertz CT molecular complexity index is 1370. The number of carbonyl (C=O) groups excluding carboxylic acids is 2. The van der Waals surface area contributed by atoms with Crippen molar-refractivity contribution in [3.63, 3.8) is 0 Å². The van der Waals surface area contributed by atoms with Crippen LogP contribution >= 0.6 is 0 Å². The molecule has 0 unspecified atom stereocenters. The van der Waals surface area contributed by atoms with E-state index in [0.717, 1.165) is 12.1 Å². The number of pyridine rings is 1. The van der Waals surface area contributed by atoms with Crippen LogP contribution in [0.4, 0.5) is 18.9 Å². The molecular weight excluding hydrogens is 445 g/mol. The Morgan fingerprint density at radius 2 is 1.68 bits per heavy atom. The lowest BCUT2D eigenvalue weighted by atomic mass is 10.1. The zero-order valence-electron chi connectivity index (χ0n) is 18.0. The first-order valence-corrected chi connectivity index (χ1v) is 10.4. The third-order valence-electron chi connectivity index (χ3n) is 5.13. The number of rotatable bonds is 5. The van der Waals surface area contributed by atoms with Gasteiger partial charge < -0.3 is 10.1 Å². The summed E-state index contributed by atoms with van der Waals surface area (Å²) in [7, 11) is 0. The monoisotopic (exact) mass is 464 g/mol. The van der Waals surface area contributed by atoms with Gasteiger partial charge in [-0.2, -0.15) is 13.2 Å². The van der Waals surface area contributed by atoms with Crippen molar-refractivity contribution in [2.75, 3.05) is 11.9 Å². The lowest BCUT2D eigenvalue weighted by Gasteiger charge is -2.11. The van der Waals surface area contributed by atoms with Gasteiger partial charge in [0.05, 0.1) is 34.6 Å². The minimum atomic E-state index is -4.40. The summed E-state index contributed by atoms with van der Waals surface area (Å²) >= 11 is 0. The normalized spacial score (nSPS) is 11.3. The summed E-state index contributed by atoms with van der Waals surface area (Å²) in [6.45, 7) is 1.92. The average molecular weight is 464 g/mol. The highest BCUT2D eigenvalue weighted by Gasteiger charge is 2.30. The summed E-state index contributed by atoms with van der Waals surface area (Å²) in [5, 5.41) is 3.42. The van der Waals surface area contributed by atoms with E-state index < -0.39 is 23.6 Å². The van der Waals surface area contributed by atoms with Gasteiger partial charge in [0.25, 0.3) is 5.91 Å². The first-order valence-electron chi connectivity index (χ1n) is 10.4. The van der Waals surface area contributed by atoms with Crippen molar-refractivity contribution in [2.45, 2.75) is 13.1 Å². The Balaban J connectivity index is 1.57. The second-order valence-electron chi connectivity index (χ2n) is 7.40. The van der Waals surface area contributed by atoms with Crippen molar-refractivity contribution in [3.05, 3.63) is 95.6 Å². The van der Waals surface area contributed by atoms with Gasteiger partial charge in [-0.3, -0.25) is 4.79 Å². The molecule has 0 aliphatic rings. The Hall–Kier alpha value is -4.20. The van der Waals surface area contributed by atoms with Gasteiger partial charge in [-0.25, -0.2) is 9.78 Å². The molecule has 1 heterocycles. The molecule has 1 aromatic heterocycles. The summed E-state index contributed by atoms with van der Waals surface area (Å²) in [4.78, 5) is 29.5. The number of amides is 1. The Labute approximate surface area is 193 Å². The molecule has 5 nitrogen and oxygen atoms in total. The number of para-hydroxylation sites is 1. The second kappa shape index (κ2) is 9.35. The molecule has 4 rings (SSSR count). The molecule has 0 saturated heterocycles. The molecule has 0 spiro atoms. The molecule has 8 heteroatoms. The molecule has 0 bridgehead atoms. The predicted octanol–water partition coefficient (Wildman–Crippen LogP) is 6.35. The van der Waals surface area contributed by atoms with Gasteiger partial charge in [-0.15, -0.1) is 0 Å². The minimum absolute atomic E-state index is 0.216. The zero-order valence-corrected chi connectivity index (χ0v) is 18.0. The first kappa shape index (κ1) is 23.0. The molecule has 1 N–H and O–H groups in total. The van der Waals surface area contributed by atoms with Crippen molar-refractivity contribution in [1.29, 1.82) is 0 Å². The Morgan fingerprint density at radius 1 is 0.941 bits per heavy atom. The number of nitrogens with one attached hydrogen (secondary N) is 1. The fourth-order valence-electron chi connectivity index (χ4n) is 3.43. The number of hydrogen-bond acceptors (Lipinski definition) is 4. The van der Waals surface area contributed by atoms with Crippen LogP contribution in [0.1, 0.15) is 33.2 Å². The van der Waals surface area contributed by atoms with Gasteiger partial charge in [-0.05, 0) is 55.5 Å². The zero-order chi connectivity index (χ0) is 24.3. The number of nitrogens with zero attached hydrogens (tertiary/aromatic N) is 1. The van der Waals surface area contributed by atoms with E-state index in [1.54, 1.807) is 61.5 Å². The lowest BCUT2D eigenvalue weighted by Crippen LogP contribution is -2.15. The van der Waals surface area contributed by atoms with E-state index in [4.69, 9.17) is 4.74 Å². The molecule has 0 fully saturated rings. The summed E-state index contributed by atoms with van der Waals surface area (Å²) in [6, 6.07) is 19.7. The van der Waals surface area contributed by atoms with E-state index in [9.17, 15) is 22.8 Å². The summed E-state index contributed by atoms with van der Waals surface area (Å²) in [5.41, 5.74) is 1.87. The van der Waals surface area contributed by atoms with E-state index in [2.05, 4.69) is 10.3 Å². The standard InChI is InChI=1S/C26H19F3N2O3/c1-2-34-25(33)20-5-3-4-6-23(20)31-24(32)18-10-14-22-17(15-18)9-13-21(30-22)16-7-11-19(12-8-16)26(27,28)29/h3-15H,2H2,1H3,(H,31,32). The number of hydrogen-bond donors (Lipinski definition) is 1. The fourth-order valence-corrected chi connectivity index (χ4v) is 3.43.